The molecule has 1 amide bonds. The molecule has 1 aromatic heterocycles. The van der Waals surface area contributed by atoms with Crippen molar-refractivity contribution in [2.24, 2.45) is 0 Å². The van der Waals surface area contributed by atoms with E-state index in [0.29, 0.717) is 19.1 Å². The number of aryl methyl sites for hydroxylation is 1. The van der Waals surface area contributed by atoms with Gasteiger partial charge in [0.2, 0.25) is 5.91 Å². The molecule has 1 unspecified atom stereocenters. The fraction of sp³-hybridized carbons (Fsp3) is 0.667. The number of carbonyl (C=O) groups excluding carboxylic acids is 1. The Kier molecular flexibility index (Phi) is 4.64. The normalized spacial score (nSPS) is 20.5. The van der Waals surface area contributed by atoms with E-state index in [0.717, 1.165) is 18.1 Å². The van der Waals surface area contributed by atoms with Crippen LogP contribution in [0.2, 0.25) is 0 Å². The molecule has 0 N–H and O–H groups in total. The third-order valence-electron chi connectivity index (χ3n) is 3.89. The maximum absolute atomic E-state index is 12.2. The van der Waals surface area contributed by atoms with Gasteiger partial charge < -0.3 is 9.32 Å². The molecule has 0 spiro atoms. The van der Waals surface area contributed by atoms with Gasteiger partial charge in [-0.25, -0.2) is 0 Å². The monoisotopic (exact) mass is 264 g/mol. The average molecular weight is 264 g/mol. The molecule has 0 radical (unpaired) electrons. The van der Waals surface area contributed by atoms with Crippen molar-refractivity contribution in [3.05, 3.63) is 23.7 Å². The Morgan fingerprint density at radius 1 is 1.47 bits per heavy atom. The number of hydrogen-bond donors (Lipinski definition) is 0. The van der Waals surface area contributed by atoms with E-state index in [1.165, 1.54) is 19.3 Å². The molecule has 1 aliphatic heterocycles. The zero-order valence-electron chi connectivity index (χ0n) is 12.2. The molecular formula is C15H24N2O2. The second kappa shape index (κ2) is 6.24. The molecule has 1 saturated heterocycles. The molecule has 2 heterocycles. The molecule has 1 aromatic rings. The van der Waals surface area contributed by atoms with Crippen LogP contribution in [0.5, 0.6) is 0 Å². The predicted octanol–water partition coefficient (Wildman–Crippen LogP) is 2.42. The van der Waals surface area contributed by atoms with Crippen molar-refractivity contribution in [1.82, 2.24) is 9.80 Å². The topological polar surface area (TPSA) is 36.7 Å². The minimum Gasteiger partial charge on any atom is -0.464 e. The highest BCUT2D eigenvalue weighted by Crippen LogP contribution is 2.16. The van der Waals surface area contributed by atoms with Gasteiger partial charge in [-0.15, -0.1) is 0 Å². The Hall–Kier alpha value is -1.29. The highest BCUT2D eigenvalue weighted by atomic mass is 16.3. The third-order valence-corrected chi connectivity index (χ3v) is 3.89. The van der Waals surface area contributed by atoms with Crippen molar-refractivity contribution < 1.29 is 9.21 Å². The van der Waals surface area contributed by atoms with Gasteiger partial charge in [0.15, 0.2) is 0 Å². The molecule has 1 aliphatic rings. The number of piperidine rings is 1. The Morgan fingerprint density at radius 3 is 2.89 bits per heavy atom. The van der Waals surface area contributed by atoms with Crippen molar-refractivity contribution in [3.8, 4) is 0 Å². The molecule has 1 fully saturated rings. The van der Waals surface area contributed by atoms with Crippen LogP contribution in [0, 0.1) is 6.92 Å². The van der Waals surface area contributed by atoms with E-state index in [4.69, 9.17) is 4.42 Å². The van der Waals surface area contributed by atoms with Crippen molar-refractivity contribution in [3.63, 3.8) is 0 Å². The van der Waals surface area contributed by atoms with Crippen LogP contribution in [0.15, 0.2) is 16.5 Å². The van der Waals surface area contributed by atoms with Gasteiger partial charge in [0, 0.05) is 13.1 Å². The molecule has 106 valence electrons. The SMILES string of the molecule is Cc1ccc(CN(C)C(=O)CN2CCCCC2C)o1. The van der Waals surface area contributed by atoms with Gasteiger partial charge in [0.1, 0.15) is 11.5 Å². The summed E-state index contributed by atoms with van der Waals surface area (Å²) >= 11 is 0. The van der Waals surface area contributed by atoms with Crippen LogP contribution in [-0.4, -0.2) is 41.9 Å². The predicted molar refractivity (Wildman–Crippen MR) is 74.8 cm³/mol. The number of likely N-dealkylation sites (tertiary alicyclic amines) is 1. The lowest BCUT2D eigenvalue weighted by Crippen LogP contribution is -2.44. The highest BCUT2D eigenvalue weighted by molar-refractivity contribution is 5.78. The average Bonchev–Trinajstić information content (AvgIpc) is 2.77. The minimum atomic E-state index is 0.169. The van der Waals surface area contributed by atoms with Gasteiger partial charge >= 0.3 is 0 Å². The Morgan fingerprint density at radius 2 is 2.26 bits per heavy atom. The summed E-state index contributed by atoms with van der Waals surface area (Å²) < 4.78 is 5.51. The van der Waals surface area contributed by atoms with Gasteiger partial charge in [0.25, 0.3) is 0 Å². The highest BCUT2D eigenvalue weighted by Gasteiger charge is 2.22. The van der Waals surface area contributed by atoms with E-state index in [1.54, 1.807) is 4.90 Å². The molecule has 0 aromatic carbocycles. The van der Waals surface area contributed by atoms with Gasteiger partial charge in [-0.2, -0.15) is 0 Å². The summed E-state index contributed by atoms with van der Waals surface area (Å²) in [6.45, 7) is 6.25. The summed E-state index contributed by atoms with van der Waals surface area (Å²) in [5.41, 5.74) is 0. The fourth-order valence-corrected chi connectivity index (χ4v) is 2.58. The summed E-state index contributed by atoms with van der Waals surface area (Å²) in [5, 5.41) is 0. The summed E-state index contributed by atoms with van der Waals surface area (Å²) in [7, 11) is 1.84. The number of carbonyl (C=O) groups is 1. The summed E-state index contributed by atoms with van der Waals surface area (Å²) in [6.07, 6.45) is 3.69. The van der Waals surface area contributed by atoms with Gasteiger partial charge in [0.05, 0.1) is 13.1 Å². The first-order chi connectivity index (χ1) is 9.06. The van der Waals surface area contributed by atoms with Crippen LogP contribution >= 0.6 is 0 Å². The number of rotatable bonds is 4. The summed E-state index contributed by atoms with van der Waals surface area (Å²) in [6, 6.07) is 4.39. The quantitative estimate of drug-likeness (QED) is 0.838. The van der Waals surface area contributed by atoms with Crippen molar-refractivity contribution in [1.29, 1.82) is 0 Å². The second-order valence-electron chi connectivity index (χ2n) is 5.58. The van der Waals surface area contributed by atoms with Crippen molar-refractivity contribution >= 4 is 5.91 Å². The number of likely N-dealkylation sites (N-methyl/N-ethyl adjacent to an activating group) is 1. The zero-order chi connectivity index (χ0) is 13.8. The number of hydrogen-bond acceptors (Lipinski definition) is 3. The van der Waals surface area contributed by atoms with E-state index in [9.17, 15) is 4.79 Å². The Labute approximate surface area is 115 Å². The standard InChI is InChI=1S/C15H24N2O2/c1-12-6-4-5-9-17(12)11-15(18)16(3)10-14-8-7-13(2)19-14/h7-8,12H,4-6,9-11H2,1-3H3. The second-order valence-corrected chi connectivity index (χ2v) is 5.58. The maximum atomic E-state index is 12.2. The molecule has 0 saturated carbocycles. The first-order valence-corrected chi connectivity index (χ1v) is 7.09. The smallest absolute Gasteiger partial charge is 0.236 e. The van der Waals surface area contributed by atoms with Crippen molar-refractivity contribution in [2.45, 2.75) is 45.7 Å². The van der Waals surface area contributed by atoms with Gasteiger partial charge in [-0.3, -0.25) is 9.69 Å². The van der Waals surface area contributed by atoms with Crippen LogP contribution in [0.3, 0.4) is 0 Å². The first kappa shape index (κ1) is 14.1. The molecule has 0 aliphatic carbocycles. The molecule has 1 atom stereocenters. The van der Waals surface area contributed by atoms with Gasteiger partial charge in [-0.1, -0.05) is 6.42 Å². The van der Waals surface area contributed by atoms with E-state index in [1.807, 2.05) is 26.1 Å². The van der Waals surface area contributed by atoms with E-state index in [-0.39, 0.29) is 5.91 Å². The van der Waals surface area contributed by atoms with E-state index < -0.39 is 0 Å². The van der Waals surface area contributed by atoms with Crippen molar-refractivity contribution in [2.75, 3.05) is 20.1 Å². The largest absolute Gasteiger partial charge is 0.464 e. The van der Waals surface area contributed by atoms with Crippen LogP contribution < -0.4 is 0 Å². The lowest BCUT2D eigenvalue weighted by atomic mass is 10.0. The van der Waals surface area contributed by atoms with Crippen LogP contribution in [0.25, 0.3) is 0 Å². The fourth-order valence-electron chi connectivity index (χ4n) is 2.58. The van der Waals surface area contributed by atoms with Crippen LogP contribution in [0.1, 0.15) is 37.7 Å². The lowest BCUT2D eigenvalue weighted by Gasteiger charge is -2.33. The molecule has 4 nitrogen and oxygen atoms in total. The maximum Gasteiger partial charge on any atom is 0.236 e. The number of nitrogens with zero attached hydrogens (tertiary/aromatic N) is 2. The molecule has 2 rings (SSSR count). The summed E-state index contributed by atoms with van der Waals surface area (Å²) in [5.74, 6) is 1.91. The third kappa shape index (κ3) is 3.83. The molecule has 4 heteroatoms. The lowest BCUT2D eigenvalue weighted by molar-refractivity contribution is -0.132. The number of furan rings is 1. The Balaban J connectivity index is 1.85. The van der Waals surface area contributed by atoms with Crippen LogP contribution in [-0.2, 0) is 11.3 Å². The Bertz CT molecular complexity index is 428. The molecule has 0 bridgehead atoms. The summed E-state index contributed by atoms with van der Waals surface area (Å²) in [4.78, 5) is 16.2. The van der Waals surface area contributed by atoms with Gasteiger partial charge in [-0.05, 0) is 45.4 Å². The molecular weight excluding hydrogens is 240 g/mol. The number of amides is 1. The minimum absolute atomic E-state index is 0.169. The zero-order valence-corrected chi connectivity index (χ0v) is 12.2. The van der Waals surface area contributed by atoms with E-state index >= 15 is 0 Å². The first-order valence-electron chi connectivity index (χ1n) is 7.09. The molecule has 19 heavy (non-hydrogen) atoms. The van der Waals surface area contributed by atoms with Crippen LogP contribution in [0.4, 0.5) is 0 Å². The van der Waals surface area contributed by atoms with E-state index in [2.05, 4.69) is 11.8 Å².